The zero-order valence-corrected chi connectivity index (χ0v) is 17.8. The van der Waals surface area contributed by atoms with Crippen molar-refractivity contribution >= 4 is 40.1 Å². The second-order valence-corrected chi connectivity index (χ2v) is 7.89. The van der Waals surface area contributed by atoms with E-state index in [4.69, 9.17) is 11.6 Å². The SMILES string of the molecule is Cc1cccc2nc(C(=O)Nc3nc4cc(-c5ccc(C(F)(F)F)cc5Cl)ccc4[nH]3)cn12. The van der Waals surface area contributed by atoms with Gasteiger partial charge >= 0.3 is 6.18 Å². The predicted molar refractivity (Wildman–Crippen MR) is 119 cm³/mol. The van der Waals surface area contributed by atoms with Crippen LogP contribution in [0.5, 0.6) is 0 Å². The number of nitrogens with one attached hydrogen (secondary N) is 2. The molecule has 0 unspecified atom stereocenters. The summed E-state index contributed by atoms with van der Waals surface area (Å²) in [5, 5.41) is 2.67. The van der Waals surface area contributed by atoms with Crippen molar-refractivity contribution in [1.29, 1.82) is 0 Å². The third-order valence-electron chi connectivity index (χ3n) is 5.25. The Bertz CT molecular complexity index is 1540. The first-order valence-corrected chi connectivity index (χ1v) is 10.2. The average molecular weight is 470 g/mol. The highest BCUT2D eigenvalue weighted by molar-refractivity contribution is 6.33. The van der Waals surface area contributed by atoms with Crippen LogP contribution in [-0.4, -0.2) is 25.3 Å². The van der Waals surface area contributed by atoms with Gasteiger partial charge in [0.2, 0.25) is 5.95 Å². The Labute approximate surface area is 190 Å². The van der Waals surface area contributed by atoms with Crippen LogP contribution < -0.4 is 5.32 Å². The lowest BCUT2D eigenvalue weighted by molar-refractivity contribution is -0.137. The third kappa shape index (κ3) is 3.91. The van der Waals surface area contributed by atoms with Gasteiger partial charge in [-0.15, -0.1) is 0 Å². The molecule has 5 aromatic rings. The summed E-state index contributed by atoms with van der Waals surface area (Å²) < 4.78 is 40.5. The normalized spacial score (nSPS) is 11.9. The van der Waals surface area contributed by atoms with E-state index in [2.05, 4.69) is 20.3 Å². The van der Waals surface area contributed by atoms with Gasteiger partial charge in [0.15, 0.2) is 0 Å². The Morgan fingerprint density at radius 3 is 2.64 bits per heavy atom. The van der Waals surface area contributed by atoms with Gasteiger partial charge in [-0.1, -0.05) is 29.8 Å². The molecule has 10 heteroatoms. The van der Waals surface area contributed by atoms with Gasteiger partial charge in [-0.25, -0.2) is 9.97 Å². The summed E-state index contributed by atoms with van der Waals surface area (Å²) in [6, 6.07) is 13.9. The molecule has 0 fully saturated rings. The number of nitrogens with zero attached hydrogens (tertiary/aromatic N) is 3. The van der Waals surface area contributed by atoms with E-state index in [1.165, 1.54) is 6.07 Å². The summed E-state index contributed by atoms with van der Waals surface area (Å²) in [5.41, 5.74) is 3.22. The number of halogens is 4. The number of anilines is 1. The molecule has 0 atom stereocenters. The van der Waals surface area contributed by atoms with Crippen molar-refractivity contribution in [3.63, 3.8) is 0 Å². The number of carbonyl (C=O) groups is 1. The highest BCUT2D eigenvalue weighted by Crippen LogP contribution is 2.36. The monoisotopic (exact) mass is 469 g/mol. The van der Waals surface area contributed by atoms with Crippen molar-refractivity contribution in [2.75, 3.05) is 5.32 Å². The van der Waals surface area contributed by atoms with Crippen LogP contribution in [0, 0.1) is 6.92 Å². The zero-order chi connectivity index (χ0) is 23.3. The number of imidazole rings is 2. The molecule has 166 valence electrons. The smallest absolute Gasteiger partial charge is 0.324 e. The first kappa shape index (κ1) is 21.0. The fraction of sp³-hybridized carbons (Fsp3) is 0.0870. The van der Waals surface area contributed by atoms with Crippen LogP contribution in [0.1, 0.15) is 21.7 Å². The summed E-state index contributed by atoms with van der Waals surface area (Å²) in [6.07, 6.45) is -2.82. The molecule has 1 amide bonds. The van der Waals surface area contributed by atoms with Crippen molar-refractivity contribution < 1.29 is 18.0 Å². The average Bonchev–Trinajstić information content (AvgIpc) is 3.37. The van der Waals surface area contributed by atoms with E-state index in [0.717, 1.165) is 17.8 Å². The molecule has 0 saturated heterocycles. The number of hydrogen-bond donors (Lipinski definition) is 2. The number of aromatic nitrogens is 4. The highest BCUT2D eigenvalue weighted by Gasteiger charge is 2.31. The first-order chi connectivity index (χ1) is 15.7. The molecule has 0 saturated carbocycles. The molecule has 3 heterocycles. The van der Waals surface area contributed by atoms with Gasteiger partial charge in [0.1, 0.15) is 11.3 Å². The van der Waals surface area contributed by atoms with E-state index in [9.17, 15) is 18.0 Å². The maximum Gasteiger partial charge on any atom is 0.416 e. The minimum Gasteiger partial charge on any atom is -0.324 e. The van der Waals surface area contributed by atoms with Crippen LogP contribution in [0.4, 0.5) is 19.1 Å². The summed E-state index contributed by atoms with van der Waals surface area (Å²) in [6.45, 7) is 1.91. The molecule has 3 aromatic heterocycles. The predicted octanol–water partition coefficient (Wildman–Crippen LogP) is 6.11. The number of rotatable bonds is 3. The summed E-state index contributed by atoms with van der Waals surface area (Å²) in [7, 11) is 0. The number of hydrogen-bond acceptors (Lipinski definition) is 3. The third-order valence-corrected chi connectivity index (χ3v) is 5.56. The van der Waals surface area contributed by atoms with Crippen molar-refractivity contribution in [3.05, 3.63) is 82.8 Å². The first-order valence-electron chi connectivity index (χ1n) is 9.82. The van der Waals surface area contributed by atoms with E-state index >= 15 is 0 Å². The largest absolute Gasteiger partial charge is 0.416 e. The van der Waals surface area contributed by atoms with Crippen LogP contribution in [-0.2, 0) is 6.18 Å². The van der Waals surface area contributed by atoms with Crippen LogP contribution >= 0.6 is 11.6 Å². The number of fused-ring (bicyclic) bond motifs is 2. The van der Waals surface area contributed by atoms with Crippen LogP contribution in [0.25, 0.3) is 27.8 Å². The van der Waals surface area contributed by atoms with Crippen molar-refractivity contribution in [2.24, 2.45) is 0 Å². The van der Waals surface area contributed by atoms with Crippen molar-refractivity contribution in [3.8, 4) is 11.1 Å². The topological polar surface area (TPSA) is 75.1 Å². The molecular formula is C23H15ClF3N5O. The number of pyridine rings is 1. The van der Waals surface area contributed by atoms with Crippen molar-refractivity contribution in [2.45, 2.75) is 13.1 Å². The van der Waals surface area contributed by atoms with Crippen LogP contribution in [0.15, 0.2) is 60.8 Å². The number of aromatic amines is 1. The fourth-order valence-corrected chi connectivity index (χ4v) is 3.88. The van der Waals surface area contributed by atoms with Gasteiger partial charge in [-0.3, -0.25) is 10.1 Å². The van der Waals surface area contributed by atoms with Crippen LogP contribution in [0.2, 0.25) is 5.02 Å². The molecule has 6 nitrogen and oxygen atoms in total. The number of alkyl halides is 3. The highest BCUT2D eigenvalue weighted by atomic mass is 35.5. The van der Waals surface area contributed by atoms with Gasteiger partial charge in [0.25, 0.3) is 5.91 Å². The summed E-state index contributed by atoms with van der Waals surface area (Å²) in [4.78, 5) is 24.4. The van der Waals surface area contributed by atoms with Gasteiger partial charge in [-0.05, 0) is 48.9 Å². The molecule has 0 aliphatic rings. The van der Waals surface area contributed by atoms with Gasteiger partial charge in [0.05, 0.1) is 16.6 Å². The molecule has 5 rings (SSSR count). The van der Waals surface area contributed by atoms with Gasteiger partial charge < -0.3 is 9.38 Å². The minimum absolute atomic E-state index is 0.0182. The molecular weight excluding hydrogens is 455 g/mol. The molecule has 0 aliphatic heterocycles. The fourth-order valence-electron chi connectivity index (χ4n) is 3.59. The Morgan fingerprint density at radius 2 is 1.91 bits per heavy atom. The van der Waals surface area contributed by atoms with Gasteiger partial charge in [-0.2, -0.15) is 13.2 Å². The number of H-pyrrole nitrogens is 1. The quantitative estimate of drug-likeness (QED) is 0.335. The Balaban J connectivity index is 1.42. The number of aryl methyl sites for hydroxylation is 1. The number of benzene rings is 2. The minimum atomic E-state index is -4.47. The van der Waals surface area contributed by atoms with Crippen molar-refractivity contribution in [1.82, 2.24) is 19.4 Å². The number of carbonyl (C=O) groups excluding carboxylic acids is 1. The van der Waals surface area contributed by atoms with Crippen LogP contribution in [0.3, 0.4) is 0 Å². The summed E-state index contributed by atoms with van der Waals surface area (Å²) in [5.74, 6) is -0.206. The maximum absolute atomic E-state index is 12.9. The van der Waals surface area contributed by atoms with E-state index in [-0.39, 0.29) is 16.7 Å². The molecule has 2 aromatic carbocycles. The van der Waals surface area contributed by atoms with Gasteiger partial charge in [0, 0.05) is 22.5 Å². The lowest BCUT2D eigenvalue weighted by Gasteiger charge is -2.10. The molecule has 0 bridgehead atoms. The molecule has 2 N–H and O–H groups in total. The maximum atomic E-state index is 12.9. The Morgan fingerprint density at radius 1 is 1.09 bits per heavy atom. The second kappa shape index (κ2) is 7.63. The Hall–Kier alpha value is -3.85. The van der Waals surface area contributed by atoms with E-state index in [0.29, 0.717) is 27.8 Å². The van der Waals surface area contributed by atoms with E-state index < -0.39 is 17.6 Å². The molecule has 0 spiro atoms. The lowest BCUT2D eigenvalue weighted by Crippen LogP contribution is -2.13. The Kier molecular flexibility index (Phi) is 4.86. The molecule has 33 heavy (non-hydrogen) atoms. The lowest BCUT2D eigenvalue weighted by atomic mass is 10.0. The number of amides is 1. The zero-order valence-electron chi connectivity index (χ0n) is 17.0. The van der Waals surface area contributed by atoms with E-state index in [1.807, 2.05) is 23.5 Å². The second-order valence-electron chi connectivity index (χ2n) is 7.49. The summed E-state index contributed by atoms with van der Waals surface area (Å²) >= 11 is 6.11. The molecule has 0 radical (unpaired) electrons. The molecule has 0 aliphatic carbocycles. The van der Waals surface area contributed by atoms with E-state index in [1.54, 1.807) is 30.5 Å². The standard InChI is InChI=1S/C23H15ClF3N5O/c1-12-3-2-4-20-28-19(11-32(12)20)21(33)31-22-29-17-8-5-13(9-18(17)30-22)15-7-6-14(10-16(15)24)23(25,26)27/h2-11H,1H3,(H2,29,30,31,33).